The molecule has 1 aliphatic rings. The molecule has 0 N–H and O–H groups in total. The molecule has 0 unspecified atom stereocenters. The predicted octanol–water partition coefficient (Wildman–Crippen LogP) is 3.64. The minimum Gasteiger partial charge on any atom is -0.279 e. The average Bonchev–Trinajstić information content (AvgIpc) is 2.89. The van der Waals surface area contributed by atoms with Gasteiger partial charge in [0.1, 0.15) is 10.1 Å². The van der Waals surface area contributed by atoms with Crippen LogP contribution < -0.4 is 0 Å². The van der Waals surface area contributed by atoms with Gasteiger partial charge in [-0.2, -0.15) is 0 Å². The number of hydrogen-bond acceptors (Lipinski definition) is 5. The van der Waals surface area contributed by atoms with E-state index >= 15 is 0 Å². The number of thiophene rings is 1. The number of rotatable bonds is 2. The average molecular weight is 267 g/mol. The number of aliphatic imine (C=N–C) groups is 1. The van der Waals surface area contributed by atoms with Crippen molar-refractivity contribution in [2.45, 2.75) is 0 Å². The quantitative estimate of drug-likeness (QED) is 0.766. The van der Waals surface area contributed by atoms with Gasteiger partial charge in [0.05, 0.1) is 0 Å². The van der Waals surface area contributed by atoms with Crippen molar-refractivity contribution in [1.29, 1.82) is 0 Å². The summed E-state index contributed by atoms with van der Waals surface area (Å²) >= 11 is 4.36. The van der Waals surface area contributed by atoms with Gasteiger partial charge in [-0.05, 0) is 41.6 Å². The van der Waals surface area contributed by atoms with E-state index in [-0.39, 0.29) is 5.12 Å². The standard InChI is InChI=1S/C11H9NOS3/c1-14-11-12-9(10(13)16-11)6-2-4-8-5-3-7-15-8/h2-7H,1H3/b4-2+,9-6-. The molecular formula is C11H9NOS3. The summed E-state index contributed by atoms with van der Waals surface area (Å²) in [5, 5.41) is 2.05. The number of carbonyl (C=O) groups is 1. The van der Waals surface area contributed by atoms with Crippen LogP contribution in [0.15, 0.2) is 40.4 Å². The van der Waals surface area contributed by atoms with Gasteiger partial charge in [0.15, 0.2) is 0 Å². The molecule has 0 aromatic carbocycles. The zero-order valence-corrected chi connectivity index (χ0v) is 11.0. The van der Waals surface area contributed by atoms with Crippen LogP contribution in [0, 0.1) is 0 Å². The van der Waals surface area contributed by atoms with E-state index in [1.807, 2.05) is 35.9 Å². The van der Waals surface area contributed by atoms with Gasteiger partial charge in [-0.3, -0.25) is 4.79 Å². The molecule has 0 amide bonds. The van der Waals surface area contributed by atoms with Crippen LogP contribution in [-0.4, -0.2) is 15.7 Å². The van der Waals surface area contributed by atoms with Crippen molar-refractivity contribution in [2.24, 2.45) is 4.99 Å². The minimum atomic E-state index is 0.0279. The van der Waals surface area contributed by atoms with Crippen molar-refractivity contribution >= 4 is 50.4 Å². The summed E-state index contributed by atoms with van der Waals surface area (Å²) in [5.41, 5.74) is 0.530. The molecule has 1 aromatic heterocycles. The van der Waals surface area contributed by atoms with Crippen molar-refractivity contribution in [3.8, 4) is 0 Å². The largest absolute Gasteiger partial charge is 0.279 e. The van der Waals surface area contributed by atoms with Crippen LogP contribution in [0.3, 0.4) is 0 Å². The summed E-state index contributed by atoms with van der Waals surface area (Å²) < 4.78 is 0.820. The Balaban J connectivity index is 2.08. The highest BCUT2D eigenvalue weighted by Gasteiger charge is 2.20. The second-order valence-corrected chi connectivity index (χ2v) is 5.89. The van der Waals surface area contributed by atoms with E-state index in [1.165, 1.54) is 28.4 Å². The Hall–Kier alpha value is -0.780. The maximum absolute atomic E-state index is 11.5. The molecular weight excluding hydrogens is 258 g/mol. The third-order valence-corrected chi connectivity index (χ3v) is 4.52. The van der Waals surface area contributed by atoms with Crippen molar-refractivity contribution in [2.75, 3.05) is 6.26 Å². The van der Waals surface area contributed by atoms with Gasteiger partial charge in [0.25, 0.3) is 0 Å². The van der Waals surface area contributed by atoms with Gasteiger partial charge in [0, 0.05) is 4.88 Å². The van der Waals surface area contributed by atoms with Gasteiger partial charge in [-0.15, -0.1) is 23.1 Å². The smallest absolute Gasteiger partial charge is 0.244 e. The Bertz CT molecular complexity index is 471. The summed E-state index contributed by atoms with van der Waals surface area (Å²) in [7, 11) is 0. The highest BCUT2D eigenvalue weighted by Crippen LogP contribution is 2.28. The highest BCUT2D eigenvalue weighted by atomic mass is 32.2. The Morgan fingerprint density at radius 3 is 3.00 bits per heavy atom. The van der Waals surface area contributed by atoms with Crippen molar-refractivity contribution in [1.82, 2.24) is 0 Å². The fourth-order valence-corrected chi connectivity index (χ4v) is 3.01. The molecule has 0 saturated heterocycles. The van der Waals surface area contributed by atoms with E-state index in [9.17, 15) is 4.79 Å². The number of carbonyl (C=O) groups excluding carboxylic acids is 1. The van der Waals surface area contributed by atoms with Gasteiger partial charge >= 0.3 is 0 Å². The second-order valence-electron chi connectivity index (χ2n) is 2.90. The molecule has 5 heteroatoms. The Kier molecular flexibility index (Phi) is 4.04. The van der Waals surface area contributed by atoms with E-state index in [1.54, 1.807) is 17.4 Å². The van der Waals surface area contributed by atoms with E-state index in [0.29, 0.717) is 5.70 Å². The van der Waals surface area contributed by atoms with Crippen LogP contribution in [0.5, 0.6) is 0 Å². The van der Waals surface area contributed by atoms with Gasteiger partial charge < -0.3 is 0 Å². The van der Waals surface area contributed by atoms with E-state index in [2.05, 4.69) is 4.99 Å². The summed E-state index contributed by atoms with van der Waals surface area (Å²) in [6.45, 7) is 0. The zero-order valence-electron chi connectivity index (χ0n) is 8.54. The lowest BCUT2D eigenvalue weighted by Gasteiger charge is -1.85. The minimum absolute atomic E-state index is 0.0279. The fraction of sp³-hybridized carbons (Fsp3) is 0.0909. The number of hydrogen-bond donors (Lipinski definition) is 0. The molecule has 0 aliphatic carbocycles. The maximum atomic E-state index is 11.5. The van der Waals surface area contributed by atoms with Gasteiger partial charge in [-0.1, -0.05) is 12.1 Å². The topological polar surface area (TPSA) is 29.4 Å². The third-order valence-electron chi connectivity index (χ3n) is 1.83. The normalized spacial score (nSPS) is 18.7. The fourth-order valence-electron chi connectivity index (χ4n) is 1.11. The molecule has 0 spiro atoms. The van der Waals surface area contributed by atoms with Crippen molar-refractivity contribution in [3.05, 3.63) is 40.2 Å². The summed E-state index contributed by atoms with van der Waals surface area (Å²) in [5.74, 6) is 0. The van der Waals surface area contributed by atoms with Crippen LogP contribution in [0.4, 0.5) is 0 Å². The van der Waals surface area contributed by atoms with Gasteiger partial charge in [-0.25, -0.2) is 4.99 Å². The first kappa shape index (κ1) is 11.7. The lowest BCUT2D eigenvalue weighted by atomic mass is 10.3. The number of nitrogens with zero attached hydrogens (tertiary/aromatic N) is 1. The highest BCUT2D eigenvalue weighted by molar-refractivity contribution is 8.45. The van der Waals surface area contributed by atoms with Crippen LogP contribution in [0.1, 0.15) is 4.88 Å². The molecule has 2 rings (SSSR count). The van der Waals surface area contributed by atoms with Crippen LogP contribution in [0.25, 0.3) is 6.08 Å². The maximum Gasteiger partial charge on any atom is 0.244 e. The first-order chi connectivity index (χ1) is 7.79. The zero-order chi connectivity index (χ0) is 11.4. The molecule has 1 aliphatic heterocycles. The van der Waals surface area contributed by atoms with Gasteiger partial charge in [0.2, 0.25) is 5.12 Å². The molecule has 0 atom stereocenters. The second kappa shape index (κ2) is 5.52. The molecule has 0 bridgehead atoms. The van der Waals surface area contributed by atoms with E-state index in [0.717, 1.165) is 4.38 Å². The summed E-state index contributed by atoms with van der Waals surface area (Å²) in [6, 6.07) is 4.03. The Morgan fingerprint density at radius 1 is 1.50 bits per heavy atom. The Morgan fingerprint density at radius 2 is 2.38 bits per heavy atom. The van der Waals surface area contributed by atoms with Crippen LogP contribution in [-0.2, 0) is 4.79 Å². The molecule has 0 fully saturated rings. The summed E-state index contributed by atoms with van der Waals surface area (Å²) in [4.78, 5) is 16.9. The van der Waals surface area contributed by atoms with Crippen molar-refractivity contribution in [3.63, 3.8) is 0 Å². The number of allylic oxidation sites excluding steroid dienone is 2. The first-order valence-corrected chi connectivity index (χ1v) is 7.48. The molecule has 0 saturated carbocycles. The molecule has 16 heavy (non-hydrogen) atoms. The molecule has 82 valence electrons. The third kappa shape index (κ3) is 2.87. The molecule has 2 heterocycles. The number of thioether (sulfide) groups is 2. The monoisotopic (exact) mass is 267 g/mol. The van der Waals surface area contributed by atoms with E-state index in [4.69, 9.17) is 0 Å². The van der Waals surface area contributed by atoms with E-state index < -0.39 is 0 Å². The van der Waals surface area contributed by atoms with Crippen LogP contribution >= 0.6 is 34.9 Å². The molecule has 2 nitrogen and oxygen atoms in total. The molecule has 1 aromatic rings. The van der Waals surface area contributed by atoms with Crippen LogP contribution in [0.2, 0.25) is 0 Å². The SMILES string of the molecule is CSC1=N/C(=C\C=C\c2cccs2)C(=O)S1. The first-order valence-electron chi connectivity index (χ1n) is 4.56. The lowest BCUT2D eigenvalue weighted by Crippen LogP contribution is -1.86. The Labute approximate surface area is 107 Å². The molecule has 0 radical (unpaired) electrons. The predicted molar refractivity (Wildman–Crippen MR) is 75.0 cm³/mol. The lowest BCUT2D eigenvalue weighted by molar-refractivity contribution is -0.107. The summed E-state index contributed by atoms with van der Waals surface area (Å²) in [6.07, 6.45) is 7.52. The van der Waals surface area contributed by atoms with Crippen molar-refractivity contribution < 1.29 is 4.79 Å².